The average molecular weight is 255 g/mol. The van der Waals surface area contributed by atoms with Gasteiger partial charge in [-0.15, -0.1) is 0 Å². The van der Waals surface area contributed by atoms with Crippen molar-refractivity contribution in [3.63, 3.8) is 0 Å². The van der Waals surface area contributed by atoms with Crippen molar-refractivity contribution in [2.24, 2.45) is 5.73 Å². The second-order valence-electron chi connectivity index (χ2n) is 6.09. The molecular formula is C13H25N3O2. The van der Waals surface area contributed by atoms with Crippen LogP contribution in [0.5, 0.6) is 0 Å². The number of likely N-dealkylation sites (tertiary alicyclic amines) is 1. The number of hydrogen-bond donors (Lipinski definition) is 2. The van der Waals surface area contributed by atoms with Gasteiger partial charge in [-0.2, -0.15) is 0 Å². The third-order valence-electron chi connectivity index (χ3n) is 4.70. The van der Waals surface area contributed by atoms with Gasteiger partial charge in [0, 0.05) is 12.1 Å². The zero-order valence-corrected chi connectivity index (χ0v) is 11.4. The first-order valence-corrected chi connectivity index (χ1v) is 6.85. The average Bonchev–Trinajstić information content (AvgIpc) is 2.73. The van der Waals surface area contributed by atoms with Crippen molar-refractivity contribution in [1.29, 1.82) is 0 Å². The highest BCUT2D eigenvalue weighted by Gasteiger charge is 2.44. The molecule has 2 fully saturated rings. The fourth-order valence-corrected chi connectivity index (χ4v) is 3.32. The normalized spacial score (nSPS) is 35.2. The molecule has 2 atom stereocenters. The number of piperidine rings is 1. The first kappa shape index (κ1) is 13.8. The summed E-state index contributed by atoms with van der Waals surface area (Å²) < 4.78 is 0. The van der Waals surface area contributed by atoms with E-state index in [0.29, 0.717) is 24.9 Å². The van der Waals surface area contributed by atoms with Gasteiger partial charge in [0.2, 0.25) is 0 Å². The summed E-state index contributed by atoms with van der Waals surface area (Å²) >= 11 is 0. The molecule has 1 aliphatic carbocycles. The highest BCUT2D eigenvalue weighted by molar-refractivity contribution is 5.79. The van der Waals surface area contributed by atoms with Crippen LogP contribution in [-0.4, -0.2) is 65.7 Å². The van der Waals surface area contributed by atoms with E-state index < -0.39 is 11.5 Å². The standard InChI is InChI=1S/C13H25N3O2/c1-15(2)10-4-7-16(8-5-10)11-3-6-13(14,9-11)12(17)18/h10-11H,3-9,14H2,1-2H3,(H,17,18). The van der Waals surface area contributed by atoms with Crippen LogP contribution in [-0.2, 0) is 4.79 Å². The summed E-state index contributed by atoms with van der Waals surface area (Å²) in [6, 6.07) is 1.04. The van der Waals surface area contributed by atoms with Gasteiger partial charge in [-0.25, -0.2) is 0 Å². The topological polar surface area (TPSA) is 69.8 Å². The molecule has 2 rings (SSSR count). The Morgan fingerprint density at radius 1 is 1.33 bits per heavy atom. The molecule has 0 bridgehead atoms. The van der Waals surface area contributed by atoms with Crippen LogP contribution in [0, 0.1) is 0 Å². The molecule has 5 nitrogen and oxygen atoms in total. The minimum absolute atomic E-state index is 0.370. The molecule has 2 unspecified atom stereocenters. The minimum Gasteiger partial charge on any atom is -0.480 e. The predicted molar refractivity (Wildman–Crippen MR) is 70.5 cm³/mol. The summed E-state index contributed by atoms with van der Waals surface area (Å²) in [4.78, 5) is 15.9. The van der Waals surface area contributed by atoms with E-state index in [1.165, 1.54) is 12.8 Å². The fourth-order valence-electron chi connectivity index (χ4n) is 3.32. The lowest BCUT2D eigenvalue weighted by atomic mass is 9.98. The lowest BCUT2D eigenvalue weighted by Gasteiger charge is -2.38. The van der Waals surface area contributed by atoms with Gasteiger partial charge in [0.15, 0.2) is 0 Å². The molecule has 1 saturated carbocycles. The van der Waals surface area contributed by atoms with Crippen LogP contribution >= 0.6 is 0 Å². The van der Waals surface area contributed by atoms with Crippen LogP contribution in [0.4, 0.5) is 0 Å². The van der Waals surface area contributed by atoms with Crippen molar-refractivity contribution in [3.8, 4) is 0 Å². The SMILES string of the molecule is CN(C)C1CCN(C2CCC(N)(C(=O)O)C2)CC1. The van der Waals surface area contributed by atoms with Crippen molar-refractivity contribution >= 4 is 5.97 Å². The Labute approximate surface area is 109 Å². The molecule has 18 heavy (non-hydrogen) atoms. The maximum Gasteiger partial charge on any atom is 0.323 e. The molecule has 3 N–H and O–H groups in total. The third kappa shape index (κ3) is 2.68. The number of rotatable bonds is 3. The first-order valence-electron chi connectivity index (χ1n) is 6.85. The van der Waals surface area contributed by atoms with Crippen molar-refractivity contribution < 1.29 is 9.90 Å². The summed E-state index contributed by atoms with van der Waals surface area (Å²) in [6.45, 7) is 2.15. The highest BCUT2D eigenvalue weighted by atomic mass is 16.4. The number of aliphatic carboxylic acids is 1. The van der Waals surface area contributed by atoms with Crippen molar-refractivity contribution in [2.45, 2.75) is 49.7 Å². The largest absolute Gasteiger partial charge is 0.480 e. The van der Waals surface area contributed by atoms with Gasteiger partial charge >= 0.3 is 5.97 Å². The Balaban J connectivity index is 1.87. The molecule has 2 aliphatic rings. The molecule has 0 spiro atoms. The molecule has 5 heteroatoms. The van der Waals surface area contributed by atoms with Crippen molar-refractivity contribution in [2.75, 3.05) is 27.2 Å². The molecule has 1 heterocycles. The second-order valence-corrected chi connectivity index (χ2v) is 6.09. The van der Waals surface area contributed by atoms with E-state index in [1.54, 1.807) is 0 Å². The van der Waals surface area contributed by atoms with Crippen molar-refractivity contribution in [1.82, 2.24) is 9.80 Å². The van der Waals surface area contributed by atoms with Crippen LogP contribution in [0.15, 0.2) is 0 Å². The summed E-state index contributed by atoms with van der Waals surface area (Å²) in [7, 11) is 4.26. The monoisotopic (exact) mass is 255 g/mol. The molecule has 0 amide bonds. The molecule has 0 aromatic heterocycles. The number of carbonyl (C=O) groups is 1. The number of carboxylic acids is 1. The minimum atomic E-state index is -0.983. The van der Waals surface area contributed by atoms with Gasteiger partial charge in [-0.05, 0) is 59.3 Å². The molecule has 1 aliphatic heterocycles. The number of carboxylic acid groups (broad SMARTS) is 1. The number of hydrogen-bond acceptors (Lipinski definition) is 4. The van der Waals surface area contributed by atoms with E-state index in [-0.39, 0.29) is 0 Å². The Bertz CT molecular complexity index is 313. The van der Waals surface area contributed by atoms with Crippen LogP contribution in [0.2, 0.25) is 0 Å². The van der Waals surface area contributed by atoms with Gasteiger partial charge < -0.3 is 20.6 Å². The van der Waals surface area contributed by atoms with Gasteiger partial charge in [-0.1, -0.05) is 0 Å². The van der Waals surface area contributed by atoms with Gasteiger partial charge in [0.05, 0.1) is 0 Å². The number of nitrogens with two attached hydrogens (primary N) is 1. The lowest BCUT2D eigenvalue weighted by Crippen LogP contribution is -2.49. The molecule has 104 valence electrons. The van der Waals surface area contributed by atoms with E-state index in [0.717, 1.165) is 19.5 Å². The predicted octanol–water partition coefficient (Wildman–Crippen LogP) is 0.347. The van der Waals surface area contributed by atoms with E-state index in [4.69, 9.17) is 10.8 Å². The maximum atomic E-state index is 11.1. The molecule has 1 saturated heterocycles. The van der Waals surface area contributed by atoms with E-state index >= 15 is 0 Å². The zero-order chi connectivity index (χ0) is 13.3. The van der Waals surface area contributed by atoms with Crippen LogP contribution < -0.4 is 5.73 Å². The second kappa shape index (κ2) is 5.15. The van der Waals surface area contributed by atoms with Gasteiger partial charge in [0.1, 0.15) is 5.54 Å². The fraction of sp³-hybridized carbons (Fsp3) is 0.923. The summed E-state index contributed by atoms with van der Waals surface area (Å²) in [5, 5.41) is 9.15. The Hall–Kier alpha value is -0.650. The summed E-state index contributed by atoms with van der Waals surface area (Å²) in [5.74, 6) is -0.840. The van der Waals surface area contributed by atoms with E-state index in [1.807, 2.05) is 0 Å². The zero-order valence-electron chi connectivity index (χ0n) is 11.4. The molecular weight excluding hydrogens is 230 g/mol. The summed E-state index contributed by atoms with van der Waals surface area (Å²) in [5.41, 5.74) is 4.96. The van der Waals surface area contributed by atoms with Gasteiger partial charge in [-0.3, -0.25) is 4.79 Å². The Kier molecular flexibility index (Phi) is 3.94. The summed E-state index contributed by atoms with van der Waals surface area (Å²) in [6.07, 6.45) is 4.49. The number of nitrogens with zero attached hydrogens (tertiary/aromatic N) is 2. The maximum absolute atomic E-state index is 11.1. The first-order chi connectivity index (χ1) is 8.42. The molecule has 0 radical (unpaired) electrons. The van der Waals surface area contributed by atoms with E-state index in [2.05, 4.69) is 23.9 Å². The van der Waals surface area contributed by atoms with Gasteiger partial charge in [0.25, 0.3) is 0 Å². The molecule has 0 aromatic carbocycles. The van der Waals surface area contributed by atoms with Crippen LogP contribution in [0.1, 0.15) is 32.1 Å². The molecule has 0 aromatic rings. The third-order valence-corrected chi connectivity index (χ3v) is 4.70. The highest BCUT2D eigenvalue weighted by Crippen LogP contribution is 2.33. The Morgan fingerprint density at radius 2 is 1.94 bits per heavy atom. The lowest BCUT2D eigenvalue weighted by molar-refractivity contribution is -0.143. The quantitative estimate of drug-likeness (QED) is 0.761. The van der Waals surface area contributed by atoms with Crippen LogP contribution in [0.3, 0.4) is 0 Å². The van der Waals surface area contributed by atoms with E-state index in [9.17, 15) is 4.79 Å². The smallest absolute Gasteiger partial charge is 0.323 e. The van der Waals surface area contributed by atoms with Crippen LogP contribution in [0.25, 0.3) is 0 Å². The van der Waals surface area contributed by atoms with Crippen molar-refractivity contribution in [3.05, 3.63) is 0 Å². The Morgan fingerprint density at radius 3 is 2.39 bits per heavy atom.